The normalized spacial score (nSPS) is 13.7. The third-order valence-electron chi connectivity index (χ3n) is 5.55. The molecule has 1 amide bonds. The van der Waals surface area contributed by atoms with Crippen molar-refractivity contribution in [2.75, 3.05) is 5.32 Å². The number of sulfone groups is 1. The third-order valence-corrected chi connectivity index (χ3v) is 8.34. The van der Waals surface area contributed by atoms with Crippen LogP contribution in [0.25, 0.3) is 17.0 Å². The maximum absolute atomic E-state index is 12.9. The first-order valence-electron chi connectivity index (χ1n) is 10.7. The Balaban J connectivity index is 1.57. The van der Waals surface area contributed by atoms with Crippen LogP contribution < -0.4 is 5.32 Å². The van der Waals surface area contributed by atoms with E-state index in [1.807, 2.05) is 6.08 Å². The van der Waals surface area contributed by atoms with Crippen LogP contribution in [0.1, 0.15) is 42.7 Å². The van der Waals surface area contributed by atoms with Crippen LogP contribution >= 0.6 is 23.2 Å². The molecule has 0 bridgehead atoms. The topological polar surface area (TPSA) is 91.9 Å². The fourth-order valence-corrected chi connectivity index (χ4v) is 5.18. The van der Waals surface area contributed by atoms with Gasteiger partial charge in [0.2, 0.25) is 0 Å². The van der Waals surface area contributed by atoms with Gasteiger partial charge in [-0.2, -0.15) is 0 Å². The summed E-state index contributed by atoms with van der Waals surface area (Å²) in [6, 6.07) is 9.19. The number of benzene rings is 2. The van der Waals surface area contributed by atoms with Gasteiger partial charge in [0.25, 0.3) is 5.91 Å². The number of allylic oxidation sites excluding steroid dienone is 4. The monoisotopic (exact) mass is 515 g/mol. The fraction of sp³-hybridized carbons (Fsp3) is 0.200. The Morgan fingerprint density at radius 1 is 1.12 bits per heavy atom. The largest absolute Gasteiger partial charge is 0.338 e. The van der Waals surface area contributed by atoms with Crippen molar-refractivity contribution in [2.24, 2.45) is 0 Å². The fourth-order valence-electron chi connectivity index (χ4n) is 3.56. The van der Waals surface area contributed by atoms with Crippen molar-refractivity contribution in [3.63, 3.8) is 0 Å². The highest BCUT2D eigenvalue weighted by atomic mass is 35.5. The van der Waals surface area contributed by atoms with E-state index < -0.39 is 21.0 Å². The maximum Gasteiger partial charge on any atom is 0.257 e. The zero-order valence-corrected chi connectivity index (χ0v) is 20.9. The Kier molecular flexibility index (Phi) is 6.98. The number of halogens is 2. The van der Waals surface area contributed by atoms with Crippen LogP contribution in [0.3, 0.4) is 0 Å². The summed E-state index contributed by atoms with van der Waals surface area (Å²) in [5.74, 6) is 0.124. The van der Waals surface area contributed by atoms with Crippen molar-refractivity contribution in [1.82, 2.24) is 9.97 Å². The highest BCUT2D eigenvalue weighted by Crippen LogP contribution is 2.31. The SMILES string of the molecule is CC(C)S(=O)(=O)c1ccc(C(=O)Nc2ccc(Cl)c(-c3ncc(C4=CC=CCC4)[nH]3)c2)c(Cl)c1. The molecule has 0 fully saturated rings. The molecule has 0 saturated heterocycles. The second kappa shape index (κ2) is 9.78. The summed E-state index contributed by atoms with van der Waals surface area (Å²) in [7, 11) is -3.50. The second-order valence-electron chi connectivity index (χ2n) is 8.19. The number of hydrogen-bond donors (Lipinski definition) is 2. The summed E-state index contributed by atoms with van der Waals surface area (Å²) in [5.41, 5.74) is 3.39. The predicted molar refractivity (Wildman–Crippen MR) is 137 cm³/mol. The molecule has 6 nitrogen and oxygen atoms in total. The standard InChI is InChI=1S/C25H23Cl2N3O3S/c1-15(2)34(32,33)18-9-10-19(22(27)13-18)25(31)29-17-8-11-21(26)20(12-17)24-28-14-23(30-24)16-6-4-3-5-7-16/h3-4,6,8-15H,5,7H2,1-2H3,(H,28,30)(H,29,31). The summed E-state index contributed by atoms with van der Waals surface area (Å²) in [5, 5.41) is 2.74. The molecule has 1 aliphatic carbocycles. The molecular formula is C25H23Cl2N3O3S. The number of aromatic nitrogens is 2. The van der Waals surface area contributed by atoms with E-state index >= 15 is 0 Å². The Labute approximate surface area is 208 Å². The average Bonchev–Trinajstić information content (AvgIpc) is 3.30. The first kappa shape index (κ1) is 24.3. The summed E-state index contributed by atoms with van der Waals surface area (Å²) < 4.78 is 24.8. The second-order valence-corrected chi connectivity index (χ2v) is 11.5. The zero-order valence-electron chi connectivity index (χ0n) is 18.6. The van der Waals surface area contributed by atoms with Crippen molar-refractivity contribution in [3.8, 4) is 11.4 Å². The molecule has 4 rings (SSSR count). The van der Waals surface area contributed by atoms with Gasteiger partial charge in [0.05, 0.1) is 37.6 Å². The number of H-pyrrole nitrogens is 1. The van der Waals surface area contributed by atoms with E-state index in [9.17, 15) is 13.2 Å². The zero-order chi connectivity index (χ0) is 24.5. The van der Waals surface area contributed by atoms with Crippen molar-refractivity contribution in [2.45, 2.75) is 36.8 Å². The molecule has 1 aromatic heterocycles. The highest BCUT2D eigenvalue weighted by Gasteiger charge is 2.22. The van der Waals surface area contributed by atoms with Crippen molar-refractivity contribution in [1.29, 1.82) is 0 Å². The minimum absolute atomic E-state index is 0.0545. The quantitative estimate of drug-likeness (QED) is 0.389. The lowest BCUT2D eigenvalue weighted by Crippen LogP contribution is -2.16. The number of anilines is 1. The molecule has 0 atom stereocenters. The minimum atomic E-state index is -3.50. The van der Waals surface area contributed by atoms with Crippen molar-refractivity contribution in [3.05, 3.63) is 82.1 Å². The lowest BCUT2D eigenvalue weighted by Gasteiger charge is -2.12. The van der Waals surface area contributed by atoms with E-state index in [0.717, 1.165) is 18.5 Å². The van der Waals surface area contributed by atoms with Crippen LogP contribution in [0.4, 0.5) is 5.69 Å². The molecule has 0 spiro atoms. The van der Waals surface area contributed by atoms with E-state index in [1.54, 1.807) is 38.2 Å². The predicted octanol–water partition coefficient (Wildman–Crippen LogP) is 6.55. The number of imidazole rings is 1. The molecule has 1 aliphatic rings. The number of carbonyl (C=O) groups is 1. The van der Waals surface area contributed by atoms with Gasteiger partial charge in [-0.3, -0.25) is 4.79 Å². The van der Waals surface area contributed by atoms with Crippen LogP contribution in [0.5, 0.6) is 0 Å². The maximum atomic E-state index is 12.9. The number of carbonyl (C=O) groups excluding carboxylic acids is 1. The first-order valence-corrected chi connectivity index (χ1v) is 13.0. The first-order chi connectivity index (χ1) is 16.2. The van der Waals surface area contributed by atoms with Crippen molar-refractivity contribution >= 4 is 50.2 Å². The Morgan fingerprint density at radius 3 is 2.59 bits per heavy atom. The van der Waals surface area contributed by atoms with E-state index in [1.165, 1.54) is 23.8 Å². The molecule has 9 heteroatoms. The van der Waals surface area contributed by atoms with Crippen LogP contribution in [-0.2, 0) is 9.84 Å². The molecule has 176 valence electrons. The molecule has 0 unspecified atom stereocenters. The number of rotatable bonds is 6. The lowest BCUT2D eigenvalue weighted by molar-refractivity contribution is 0.102. The van der Waals surface area contributed by atoms with E-state index in [-0.39, 0.29) is 15.5 Å². The summed E-state index contributed by atoms with van der Waals surface area (Å²) in [4.78, 5) is 20.7. The van der Waals surface area contributed by atoms with Crippen LogP contribution in [0.2, 0.25) is 10.0 Å². The number of aromatic amines is 1. The summed E-state index contributed by atoms with van der Waals surface area (Å²) >= 11 is 12.7. The van der Waals surface area contributed by atoms with E-state index in [0.29, 0.717) is 22.1 Å². The van der Waals surface area contributed by atoms with Gasteiger partial charge in [-0.1, -0.05) is 41.4 Å². The van der Waals surface area contributed by atoms with Gasteiger partial charge in [-0.05, 0) is 68.7 Å². The van der Waals surface area contributed by atoms with Gasteiger partial charge in [-0.15, -0.1) is 0 Å². The van der Waals surface area contributed by atoms with Crippen molar-refractivity contribution < 1.29 is 13.2 Å². The minimum Gasteiger partial charge on any atom is -0.338 e. The smallest absolute Gasteiger partial charge is 0.257 e. The highest BCUT2D eigenvalue weighted by molar-refractivity contribution is 7.92. The average molecular weight is 516 g/mol. The Bertz CT molecular complexity index is 1420. The molecule has 0 aliphatic heterocycles. The molecule has 2 aromatic carbocycles. The van der Waals surface area contributed by atoms with E-state index in [4.69, 9.17) is 23.2 Å². The molecule has 34 heavy (non-hydrogen) atoms. The molecule has 2 N–H and O–H groups in total. The summed E-state index contributed by atoms with van der Waals surface area (Å²) in [6.45, 7) is 3.18. The number of amides is 1. The van der Waals surface area contributed by atoms with Gasteiger partial charge in [0.1, 0.15) is 5.82 Å². The Hall–Kier alpha value is -2.87. The van der Waals surface area contributed by atoms with Gasteiger partial charge in [-0.25, -0.2) is 13.4 Å². The number of hydrogen-bond acceptors (Lipinski definition) is 4. The molecule has 1 heterocycles. The van der Waals surface area contributed by atoms with Gasteiger partial charge in [0, 0.05) is 11.3 Å². The van der Waals surface area contributed by atoms with Crippen LogP contribution in [0.15, 0.2) is 65.7 Å². The Morgan fingerprint density at radius 2 is 1.91 bits per heavy atom. The molecular weight excluding hydrogens is 493 g/mol. The number of nitrogens with zero attached hydrogens (tertiary/aromatic N) is 1. The van der Waals surface area contributed by atoms with Gasteiger partial charge in [0.15, 0.2) is 9.84 Å². The third kappa shape index (κ3) is 4.97. The molecule has 3 aromatic rings. The van der Waals surface area contributed by atoms with Gasteiger partial charge >= 0.3 is 0 Å². The van der Waals surface area contributed by atoms with Crippen LogP contribution in [0, 0.1) is 0 Å². The lowest BCUT2D eigenvalue weighted by atomic mass is 10.0. The van der Waals surface area contributed by atoms with E-state index in [2.05, 4.69) is 27.4 Å². The van der Waals surface area contributed by atoms with Crippen LogP contribution in [-0.4, -0.2) is 29.5 Å². The summed E-state index contributed by atoms with van der Waals surface area (Å²) in [6.07, 6.45) is 9.88. The molecule has 0 saturated carbocycles. The number of nitrogens with one attached hydrogen (secondary N) is 2. The molecule has 0 radical (unpaired) electrons. The van der Waals surface area contributed by atoms with Gasteiger partial charge < -0.3 is 10.3 Å².